The van der Waals surface area contributed by atoms with Gasteiger partial charge in [0.25, 0.3) is 0 Å². The molecule has 82 valence electrons. The Bertz CT molecular complexity index is 188. The van der Waals surface area contributed by atoms with Gasteiger partial charge in [0, 0.05) is 6.54 Å². The van der Waals surface area contributed by atoms with E-state index in [0.29, 0.717) is 6.42 Å². The van der Waals surface area contributed by atoms with Crippen LogP contribution in [0, 0.1) is 0 Å². The Morgan fingerprint density at radius 1 is 1.21 bits per heavy atom. The number of hydrogen-bond acceptors (Lipinski definition) is 4. The van der Waals surface area contributed by atoms with E-state index < -0.39 is 18.0 Å². The van der Waals surface area contributed by atoms with E-state index in [4.69, 9.17) is 15.3 Å². The maximum absolute atomic E-state index is 10.3. The summed E-state index contributed by atoms with van der Waals surface area (Å²) in [5.41, 5.74) is 0. The molecule has 3 N–H and O–H groups in total. The fourth-order valence-electron chi connectivity index (χ4n) is 0.966. The number of aliphatic carboxylic acids is 2. The van der Waals surface area contributed by atoms with Crippen molar-refractivity contribution >= 4 is 11.9 Å². The monoisotopic (exact) mass is 205 g/mol. The van der Waals surface area contributed by atoms with Crippen molar-refractivity contribution in [3.8, 4) is 0 Å². The lowest BCUT2D eigenvalue weighted by Crippen LogP contribution is -2.36. The van der Waals surface area contributed by atoms with Gasteiger partial charge in [0.15, 0.2) is 0 Å². The van der Waals surface area contributed by atoms with Crippen molar-refractivity contribution in [1.82, 2.24) is 4.90 Å². The van der Waals surface area contributed by atoms with Crippen LogP contribution in [0.25, 0.3) is 0 Å². The zero-order valence-electron chi connectivity index (χ0n) is 8.01. The minimum atomic E-state index is -1.07. The van der Waals surface area contributed by atoms with Gasteiger partial charge < -0.3 is 15.3 Å². The van der Waals surface area contributed by atoms with Gasteiger partial charge in [0.2, 0.25) is 0 Å². The zero-order valence-corrected chi connectivity index (χ0v) is 8.01. The first kappa shape index (κ1) is 12.9. The number of carbonyl (C=O) groups is 2. The van der Waals surface area contributed by atoms with Gasteiger partial charge in [0.1, 0.15) is 0 Å². The van der Waals surface area contributed by atoms with E-state index in [1.54, 1.807) is 6.92 Å². The van der Waals surface area contributed by atoms with Gasteiger partial charge in [-0.2, -0.15) is 0 Å². The van der Waals surface area contributed by atoms with Gasteiger partial charge in [-0.1, -0.05) is 0 Å². The highest BCUT2D eigenvalue weighted by atomic mass is 16.4. The Labute approximate surface area is 81.8 Å². The summed E-state index contributed by atoms with van der Waals surface area (Å²) in [6.45, 7) is 1.19. The van der Waals surface area contributed by atoms with Gasteiger partial charge in [0.05, 0.1) is 19.2 Å². The second kappa shape index (κ2) is 6.33. The summed E-state index contributed by atoms with van der Waals surface area (Å²) in [6.07, 6.45) is -0.194. The van der Waals surface area contributed by atoms with E-state index in [2.05, 4.69) is 0 Å². The maximum Gasteiger partial charge on any atom is 0.317 e. The Hall–Kier alpha value is -1.14. The van der Waals surface area contributed by atoms with Crippen LogP contribution in [0.5, 0.6) is 0 Å². The first-order valence-corrected chi connectivity index (χ1v) is 4.26. The lowest BCUT2D eigenvalue weighted by atomic mass is 10.2. The van der Waals surface area contributed by atoms with Crippen molar-refractivity contribution in [3.63, 3.8) is 0 Å². The summed E-state index contributed by atoms with van der Waals surface area (Å²) >= 11 is 0. The van der Waals surface area contributed by atoms with E-state index >= 15 is 0 Å². The second-order valence-corrected chi connectivity index (χ2v) is 3.14. The van der Waals surface area contributed by atoms with Crippen LogP contribution in [0.3, 0.4) is 0 Å². The second-order valence-electron chi connectivity index (χ2n) is 3.14. The molecule has 0 heterocycles. The molecular formula is C8H15NO5. The molecule has 0 aliphatic carbocycles. The van der Waals surface area contributed by atoms with Crippen LogP contribution in [0.2, 0.25) is 0 Å². The lowest BCUT2D eigenvalue weighted by Gasteiger charge is -2.18. The third-order valence-electron chi connectivity index (χ3n) is 1.58. The summed E-state index contributed by atoms with van der Waals surface area (Å²) < 4.78 is 0. The van der Waals surface area contributed by atoms with Crippen LogP contribution < -0.4 is 0 Å². The molecule has 1 unspecified atom stereocenters. The molecule has 0 aromatic rings. The predicted molar refractivity (Wildman–Crippen MR) is 48.0 cm³/mol. The average molecular weight is 205 g/mol. The Morgan fingerprint density at radius 2 is 1.64 bits per heavy atom. The first-order chi connectivity index (χ1) is 6.41. The van der Waals surface area contributed by atoms with Crippen molar-refractivity contribution in [2.24, 2.45) is 0 Å². The highest BCUT2D eigenvalue weighted by molar-refractivity contribution is 5.72. The fraction of sp³-hybridized carbons (Fsp3) is 0.750. The summed E-state index contributed by atoms with van der Waals surface area (Å²) in [7, 11) is 0. The van der Waals surface area contributed by atoms with Gasteiger partial charge in [-0.15, -0.1) is 0 Å². The summed E-state index contributed by atoms with van der Waals surface area (Å²) in [5, 5.41) is 25.9. The highest BCUT2D eigenvalue weighted by Gasteiger charge is 2.13. The van der Waals surface area contributed by atoms with E-state index in [-0.39, 0.29) is 19.6 Å². The smallest absolute Gasteiger partial charge is 0.317 e. The topological polar surface area (TPSA) is 98.1 Å². The third-order valence-corrected chi connectivity index (χ3v) is 1.58. The molecule has 0 aliphatic heterocycles. The molecular weight excluding hydrogens is 190 g/mol. The van der Waals surface area contributed by atoms with Crippen molar-refractivity contribution in [2.45, 2.75) is 19.4 Å². The molecule has 0 spiro atoms. The van der Waals surface area contributed by atoms with Crippen molar-refractivity contribution in [1.29, 1.82) is 0 Å². The van der Waals surface area contributed by atoms with Crippen molar-refractivity contribution in [3.05, 3.63) is 0 Å². The van der Waals surface area contributed by atoms with E-state index in [1.165, 1.54) is 4.90 Å². The number of hydrogen-bond donors (Lipinski definition) is 3. The largest absolute Gasteiger partial charge is 0.480 e. The standard InChI is InChI=1S/C8H15NO5/c1-6(10)2-3-9(4-7(11)12)5-8(13)14/h6,10H,2-5H2,1H3,(H,11,12)(H,13,14). The third kappa shape index (κ3) is 7.51. The molecule has 0 aromatic heterocycles. The zero-order chi connectivity index (χ0) is 11.1. The number of aliphatic hydroxyl groups is 1. The van der Waals surface area contributed by atoms with E-state index in [9.17, 15) is 9.59 Å². The van der Waals surface area contributed by atoms with Crippen LogP contribution in [-0.2, 0) is 9.59 Å². The molecule has 0 radical (unpaired) electrons. The minimum Gasteiger partial charge on any atom is -0.480 e. The fourth-order valence-corrected chi connectivity index (χ4v) is 0.966. The quantitative estimate of drug-likeness (QED) is 0.504. The molecule has 0 rings (SSSR count). The molecule has 0 fully saturated rings. The Morgan fingerprint density at radius 3 is 1.93 bits per heavy atom. The molecule has 0 amide bonds. The number of rotatable bonds is 7. The molecule has 14 heavy (non-hydrogen) atoms. The molecule has 0 aliphatic rings. The molecule has 6 heteroatoms. The summed E-state index contributed by atoms with van der Waals surface area (Å²) in [4.78, 5) is 21.9. The number of aliphatic hydroxyl groups excluding tert-OH is 1. The molecule has 6 nitrogen and oxygen atoms in total. The SMILES string of the molecule is CC(O)CCN(CC(=O)O)CC(=O)O. The maximum atomic E-state index is 10.3. The van der Waals surface area contributed by atoms with E-state index in [0.717, 1.165) is 0 Å². The number of carboxylic acid groups (broad SMARTS) is 2. The van der Waals surface area contributed by atoms with Gasteiger partial charge >= 0.3 is 11.9 Å². The molecule has 0 saturated carbocycles. The van der Waals surface area contributed by atoms with Crippen LogP contribution in [0.4, 0.5) is 0 Å². The van der Waals surface area contributed by atoms with Crippen LogP contribution in [-0.4, -0.2) is 57.9 Å². The van der Waals surface area contributed by atoms with E-state index in [1.807, 2.05) is 0 Å². The number of nitrogens with zero attached hydrogens (tertiary/aromatic N) is 1. The Kier molecular flexibility index (Phi) is 5.82. The normalized spacial score (nSPS) is 12.8. The van der Waals surface area contributed by atoms with Gasteiger partial charge in [-0.25, -0.2) is 0 Å². The van der Waals surface area contributed by atoms with Gasteiger partial charge in [-0.05, 0) is 13.3 Å². The highest BCUT2D eigenvalue weighted by Crippen LogP contribution is 1.95. The summed E-state index contributed by atoms with van der Waals surface area (Å²) in [6, 6.07) is 0. The molecule has 0 bridgehead atoms. The predicted octanol–water partition coefficient (Wildman–Crippen LogP) is -0.771. The average Bonchev–Trinajstić information content (AvgIpc) is 1.97. The van der Waals surface area contributed by atoms with Crippen molar-refractivity contribution < 1.29 is 24.9 Å². The summed E-state index contributed by atoms with van der Waals surface area (Å²) in [5.74, 6) is -2.14. The molecule has 0 aromatic carbocycles. The number of carboxylic acids is 2. The van der Waals surface area contributed by atoms with Gasteiger partial charge in [-0.3, -0.25) is 14.5 Å². The minimum absolute atomic E-state index is 0.260. The van der Waals surface area contributed by atoms with Crippen LogP contribution in [0.15, 0.2) is 0 Å². The van der Waals surface area contributed by atoms with Crippen molar-refractivity contribution in [2.75, 3.05) is 19.6 Å². The molecule has 0 saturated heterocycles. The first-order valence-electron chi connectivity index (χ1n) is 4.26. The van der Waals surface area contributed by atoms with Crippen LogP contribution in [0.1, 0.15) is 13.3 Å². The molecule has 1 atom stereocenters. The lowest BCUT2D eigenvalue weighted by molar-refractivity contribution is -0.141. The Balaban J connectivity index is 3.96. The van der Waals surface area contributed by atoms with Crippen LogP contribution >= 0.6 is 0 Å².